The Bertz CT molecular complexity index is 614. The predicted molar refractivity (Wildman–Crippen MR) is 94.2 cm³/mol. The molecule has 2 amide bonds. The van der Waals surface area contributed by atoms with Gasteiger partial charge >= 0.3 is 0 Å². The fourth-order valence-electron chi connectivity index (χ4n) is 2.37. The highest BCUT2D eigenvalue weighted by Crippen LogP contribution is 2.21. The zero-order chi connectivity index (χ0) is 18.6. The minimum absolute atomic E-state index is 0.0900. The zero-order valence-electron chi connectivity index (χ0n) is 14.2. The molecule has 0 aliphatic carbocycles. The molecule has 1 aromatic rings. The summed E-state index contributed by atoms with van der Waals surface area (Å²) in [4.78, 5) is 24.1. The molecule has 1 fully saturated rings. The van der Waals surface area contributed by atoms with E-state index in [9.17, 15) is 14.0 Å². The van der Waals surface area contributed by atoms with Gasteiger partial charge in [-0.05, 0) is 37.1 Å². The number of carbonyl (C=O) groups excluding carboxylic acids is 2. The summed E-state index contributed by atoms with van der Waals surface area (Å²) in [5.41, 5.74) is 10.7. The first-order valence-electron chi connectivity index (χ1n) is 7.96. The highest BCUT2D eigenvalue weighted by molar-refractivity contribution is 9.09. The van der Waals surface area contributed by atoms with Crippen LogP contribution in [-0.2, 0) is 9.59 Å². The van der Waals surface area contributed by atoms with Crippen LogP contribution in [0.15, 0.2) is 24.3 Å². The van der Waals surface area contributed by atoms with Crippen molar-refractivity contribution in [3.63, 3.8) is 0 Å². The monoisotopic (exact) mass is 416 g/mol. The highest BCUT2D eigenvalue weighted by Gasteiger charge is 2.39. The van der Waals surface area contributed by atoms with Gasteiger partial charge in [-0.1, -0.05) is 29.8 Å². The summed E-state index contributed by atoms with van der Waals surface area (Å²) < 4.78 is 18.2. The van der Waals surface area contributed by atoms with Crippen LogP contribution in [0.5, 0.6) is 5.75 Å². The minimum Gasteiger partial charge on any atom is -0.481 e. The van der Waals surface area contributed by atoms with Gasteiger partial charge in [0.25, 0.3) is 11.8 Å². The van der Waals surface area contributed by atoms with Gasteiger partial charge in [-0.2, -0.15) is 0 Å². The average molecular weight is 417 g/mol. The Morgan fingerprint density at radius 1 is 1.16 bits per heavy atom. The molecule has 1 aliphatic heterocycles. The Morgan fingerprint density at radius 3 is 2.36 bits per heavy atom. The van der Waals surface area contributed by atoms with Crippen molar-refractivity contribution in [1.29, 1.82) is 0 Å². The largest absolute Gasteiger partial charge is 0.481 e. The van der Waals surface area contributed by atoms with E-state index in [0.29, 0.717) is 11.7 Å². The van der Waals surface area contributed by atoms with Crippen molar-refractivity contribution in [2.45, 2.75) is 43.8 Å². The van der Waals surface area contributed by atoms with E-state index in [1.165, 1.54) is 31.2 Å². The quantitative estimate of drug-likeness (QED) is 0.424. The fourth-order valence-corrected chi connectivity index (χ4v) is 3.49. The van der Waals surface area contributed by atoms with Crippen LogP contribution in [0.3, 0.4) is 0 Å². The van der Waals surface area contributed by atoms with Gasteiger partial charge in [-0.15, -0.1) is 0 Å². The number of rotatable bonds is 5. The van der Waals surface area contributed by atoms with Crippen molar-refractivity contribution in [3.8, 4) is 5.75 Å². The molecule has 0 spiro atoms. The number of amides is 2. The Labute approximate surface area is 154 Å². The van der Waals surface area contributed by atoms with Crippen molar-refractivity contribution >= 4 is 27.7 Å². The van der Waals surface area contributed by atoms with Gasteiger partial charge in [-0.25, -0.2) is 9.82 Å². The zero-order valence-corrected chi connectivity index (χ0v) is 15.8. The van der Waals surface area contributed by atoms with Crippen LogP contribution in [0.1, 0.15) is 20.8 Å². The van der Waals surface area contributed by atoms with Crippen molar-refractivity contribution in [2.75, 3.05) is 0 Å². The van der Waals surface area contributed by atoms with E-state index in [4.69, 9.17) is 4.74 Å². The van der Waals surface area contributed by atoms with Crippen LogP contribution in [0.4, 0.5) is 4.39 Å². The molecule has 25 heavy (non-hydrogen) atoms. The van der Waals surface area contributed by atoms with Crippen LogP contribution < -0.4 is 26.4 Å². The third kappa shape index (κ3) is 5.13. The second-order valence-corrected chi connectivity index (χ2v) is 7.23. The second kappa shape index (κ2) is 8.59. The normalized spacial score (nSPS) is 24.0. The number of alkyl halides is 1. The van der Waals surface area contributed by atoms with Gasteiger partial charge in [0, 0.05) is 6.04 Å². The number of halogens is 2. The predicted octanol–water partition coefficient (Wildman–Crippen LogP) is 1.00. The first-order valence-corrected chi connectivity index (χ1v) is 8.88. The molecule has 0 radical (unpaired) electrons. The summed E-state index contributed by atoms with van der Waals surface area (Å²) in [7, 11) is 0. The number of nitrogens with one attached hydrogen (secondary N) is 4. The third-order valence-electron chi connectivity index (χ3n) is 3.87. The number of hydrogen-bond donors (Lipinski definition) is 4. The molecular formula is C16H22BrFN4O3. The molecule has 0 saturated carbocycles. The molecule has 0 aromatic heterocycles. The van der Waals surface area contributed by atoms with E-state index in [0.717, 1.165) is 0 Å². The summed E-state index contributed by atoms with van der Waals surface area (Å²) >= 11 is 3.50. The van der Waals surface area contributed by atoms with Crippen LogP contribution in [0.25, 0.3) is 0 Å². The van der Waals surface area contributed by atoms with Crippen LogP contribution in [-0.4, -0.2) is 34.8 Å². The van der Waals surface area contributed by atoms with E-state index < -0.39 is 23.9 Å². The van der Waals surface area contributed by atoms with Crippen LogP contribution in [0, 0.1) is 11.7 Å². The second-order valence-electron chi connectivity index (χ2n) is 6.17. The third-order valence-corrected chi connectivity index (χ3v) is 4.97. The molecule has 4 atom stereocenters. The fraction of sp³-hybridized carbons (Fsp3) is 0.500. The molecule has 1 aliphatic rings. The molecule has 4 unspecified atom stereocenters. The standard InChI is InChI=1S/C16H22BrFN4O3/c1-8(2)13-12(17)14(20-19-13)16(24)22-21-15(23)9(3)25-11-6-4-10(18)5-7-11/h4-9,12-14,19-20H,1-3H3,(H,21,23)(H,22,24). The number of benzene rings is 1. The van der Waals surface area contributed by atoms with Gasteiger partial charge in [-0.3, -0.25) is 25.9 Å². The average Bonchev–Trinajstić information content (AvgIpc) is 2.96. The number of hydrogen-bond acceptors (Lipinski definition) is 5. The highest BCUT2D eigenvalue weighted by atomic mass is 79.9. The van der Waals surface area contributed by atoms with E-state index in [2.05, 4.69) is 37.6 Å². The Morgan fingerprint density at radius 2 is 1.80 bits per heavy atom. The number of hydrazine groups is 2. The van der Waals surface area contributed by atoms with Crippen molar-refractivity contribution in [3.05, 3.63) is 30.1 Å². The summed E-state index contributed by atoms with van der Waals surface area (Å²) in [6, 6.07) is 4.89. The lowest BCUT2D eigenvalue weighted by atomic mass is 9.99. The van der Waals surface area contributed by atoms with E-state index in [1.54, 1.807) is 0 Å². The maximum absolute atomic E-state index is 12.9. The Balaban J connectivity index is 1.81. The van der Waals surface area contributed by atoms with Crippen molar-refractivity contribution in [1.82, 2.24) is 21.7 Å². The van der Waals surface area contributed by atoms with Gasteiger partial charge in [0.2, 0.25) is 0 Å². The summed E-state index contributed by atoms with van der Waals surface area (Å²) in [5, 5.41) is 0. The van der Waals surface area contributed by atoms with Crippen LogP contribution in [0.2, 0.25) is 0 Å². The lowest BCUT2D eigenvalue weighted by molar-refractivity contribution is -0.133. The Hall–Kier alpha value is -1.71. The summed E-state index contributed by atoms with van der Waals surface area (Å²) in [5.74, 6) is -0.598. The summed E-state index contributed by atoms with van der Waals surface area (Å²) in [6.45, 7) is 5.62. The SMILES string of the molecule is CC(Oc1ccc(F)cc1)C(=O)NNC(=O)C1NNC(C(C)C)C1Br. The van der Waals surface area contributed by atoms with Gasteiger partial charge in [0.15, 0.2) is 6.10 Å². The van der Waals surface area contributed by atoms with Crippen molar-refractivity contribution in [2.24, 2.45) is 5.92 Å². The smallest absolute Gasteiger partial charge is 0.279 e. The summed E-state index contributed by atoms with van der Waals surface area (Å²) in [6.07, 6.45) is -0.858. The van der Waals surface area contributed by atoms with E-state index >= 15 is 0 Å². The maximum atomic E-state index is 12.9. The minimum atomic E-state index is -0.858. The number of carbonyl (C=O) groups is 2. The molecule has 1 saturated heterocycles. The molecule has 9 heteroatoms. The van der Waals surface area contributed by atoms with E-state index in [1.807, 2.05) is 13.8 Å². The topological polar surface area (TPSA) is 91.5 Å². The lowest BCUT2D eigenvalue weighted by Gasteiger charge is -2.20. The molecular weight excluding hydrogens is 395 g/mol. The van der Waals surface area contributed by atoms with Gasteiger partial charge in [0.05, 0.1) is 4.83 Å². The molecule has 1 aromatic carbocycles. The number of ether oxygens (including phenoxy) is 1. The molecule has 138 valence electrons. The first-order chi connectivity index (χ1) is 11.8. The molecule has 4 N–H and O–H groups in total. The Kier molecular flexibility index (Phi) is 6.74. The van der Waals surface area contributed by atoms with E-state index in [-0.39, 0.29) is 16.8 Å². The molecule has 2 rings (SSSR count). The maximum Gasteiger partial charge on any atom is 0.279 e. The molecule has 0 bridgehead atoms. The van der Waals surface area contributed by atoms with Crippen molar-refractivity contribution < 1.29 is 18.7 Å². The molecule has 7 nitrogen and oxygen atoms in total. The van der Waals surface area contributed by atoms with Gasteiger partial charge in [0.1, 0.15) is 17.6 Å². The van der Waals surface area contributed by atoms with Gasteiger partial charge < -0.3 is 4.74 Å². The van der Waals surface area contributed by atoms with Crippen LogP contribution >= 0.6 is 15.9 Å². The first kappa shape index (κ1) is 19.6. The molecule has 1 heterocycles. The lowest BCUT2D eigenvalue weighted by Crippen LogP contribution is -2.54.